The summed E-state index contributed by atoms with van der Waals surface area (Å²) in [4.78, 5) is 13.9. The Balaban J connectivity index is 1.85. The molecule has 0 unspecified atom stereocenters. The van der Waals surface area contributed by atoms with E-state index >= 15 is 0 Å². The number of fused-ring (bicyclic) bond motifs is 1. The lowest BCUT2D eigenvalue weighted by molar-refractivity contribution is 0.0702. The van der Waals surface area contributed by atoms with E-state index in [2.05, 4.69) is 26.1 Å². The highest BCUT2D eigenvalue weighted by Gasteiger charge is 2.24. The van der Waals surface area contributed by atoms with Gasteiger partial charge < -0.3 is 9.47 Å². The maximum absolute atomic E-state index is 13.8. The predicted molar refractivity (Wildman–Crippen MR) is 68.9 cm³/mol. The summed E-state index contributed by atoms with van der Waals surface area (Å²) in [6.45, 7) is 1.51. The topological polar surface area (TPSA) is 51.0 Å². The molecule has 0 N–H and O–H groups in total. The van der Waals surface area contributed by atoms with E-state index in [9.17, 15) is 9.18 Å². The van der Waals surface area contributed by atoms with E-state index in [1.807, 2.05) is 4.57 Å². The number of hydrogen-bond donors (Lipinski definition) is 0. The molecule has 1 aliphatic rings. The minimum Gasteiger partial charge on any atom is -0.329 e. The number of rotatable bonds is 1. The zero-order valence-electron chi connectivity index (χ0n) is 9.88. The summed E-state index contributed by atoms with van der Waals surface area (Å²) >= 11 is 3.17. The number of carbonyl (C=O) groups excluding carboxylic acids is 1. The van der Waals surface area contributed by atoms with Gasteiger partial charge >= 0.3 is 0 Å². The fourth-order valence-corrected chi connectivity index (χ4v) is 2.41. The maximum Gasteiger partial charge on any atom is 0.257 e. The maximum atomic E-state index is 13.8. The van der Waals surface area contributed by atoms with E-state index < -0.39 is 5.82 Å². The van der Waals surface area contributed by atoms with Crippen LogP contribution in [0.1, 0.15) is 16.2 Å². The summed E-state index contributed by atoms with van der Waals surface area (Å²) < 4.78 is 16.3. The second-order valence-electron chi connectivity index (χ2n) is 4.29. The number of halogens is 2. The molecule has 0 radical (unpaired) electrons. The van der Waals surface area contributed by atoms with Crippen LogP contribution in [0.4, 0.5) is 4.39 Å². The molecule has 0 bridgehead atoms. The van der Waals surface area contributed by atoms with E-state index in [1.165, 1.54) is 12.1 Å². The lowest BCUT2D eigenvalue weighted by Gasteiger charge is -2.27. The van der Waals surface area contributed by atoms with Gasteiger partial charge in [0, 0.05) is 17.6 Å². The lowest BCUT2D eigenvalue weighted by atomic mass is 10.1. The summed E-state index contributed by atoms with van der Waals surface area (Å²) in [5.74, 6) is -0.122. The van der Waals surface area contributed by atoms with Crippen molar-refractivity contribution in [2.75, 3.05) is 6.54 Å². The van der Waals surface area contributed by atoms with Gasteiger partial charge in [-0.3, -0.25) is 4.79 Å². The van der Waals surface area contributed by atoms with Crippen LogP contribution >= 0.6 is 15.9 Å². The van der Waals surface area contributed by atoms with Crippen molar-refractivity contribution in [1.82, 2.24) is 19.7 Å². The normalized spacial score (nSPS) is 14.3. The highest BCUT2D eigenvalue weighted by atomic mass is 79.9. The highest BCUT2D eigenvalue weighted by Crippen LogP contribution is 2.19. The van der Waals surface area contributed by atoms with Crippen molar-refractivity contribution in [3.8, 4) is 0 Å². The third-order valence-electron chi connectivity index (χ3n) is 3.09. The molecule has 3 rings (SSSR count). The minimum atomic E-state index is -0.522. The predicted octanol–water partition coefficient (Wildman–Crippen LogP) is 1.84. The Bertz CT molecular complexity index is 642. The van der Waals surface area contributed by atoms with Crippen molar-refractivity contribution in [3.05, 3.63) is 46.2 Å². The second-order valence-corrected chi connectivity index (χ2v) is 5.21. The summed E-state index contributed by atoms with van der Waals surface area (Å²) in [7, 11) is 0. The lowest BCUT2D eigenvalue weighted by Crippen LogP contribution is -2.38. The molecule has 0 fully saturated rings. The van der Waals surface area contributed by atoms with Gasteiger partial charge in [0.05, 0.1) is 12.1 Å². The minimum absolute atomic E-state index is 0.0798. The third kappa shape index (κ3) is 2.25. The molecule has 19 heavy (non-hydrogen) atoms. The quantitative estimate of drug-likeness (QED) is 0.804. The number of aromatic nitrogens is 3. The molecule has 2 aromatic rings. The van der Waals surface area contributed by atoms with Crippen LogP contribution in [0.5, 0.6) is 0 Å². The fourth-order valence-electron chi connectivity index (χ4n) is 2.07. The Kier molecular flexibility index (Phi) is 3.06. The van der Waals surface area contributed by atoms with Gasteiger partial charge in [-0.1, -0.05) is 15.9 Å². The van der Waals surface area contributed by atoms with Gasteiger partial charge in [0.2, 0.25) is 0 Å². The Labute approximate surface area is 117 Å². The standard InChI is InChI=1S/C12H10BrFN4O/c13-8-1-2-9(10(14)5-8)12(19)17-3-4-18-7-15-16-11(18)6-17/h1-2,5,7H,3-4,6H2. The van der Waals surface area contributed by atoms with Crippen LogP contribution in [0.15, 0.2) is 29.0 Å². The Morgan fingerprint density at radius 1 is 1.37 bits per heavy atom. The van der Waals surface area contributed by atoms with E-state index in [0.717, 1.165) is 5.82 Å². The van der Waals surface area contributed by atoms with Crippen molar-refractivity contribution in [2.24, 2.45) is 0 Å². The Morgan fingerprint density at radius 3 is 3.00 bits per heavy atom. The van der Waals surface area contributed by atoms with E-state index in [0.29, 0.717) is 24.1 Å². The molecule has 1 amide bonds. The Morgan fingerprint density at radius 2 is 2.21 bits per heavy atom. The van der Waals surface area contributed by atoms with Crippen LogP contribution in [0.25, 0.3) is 0 Å². The first-order valence-corrected chi connectivity index (χ1v) is 6.55. The van der Waals surface area contributed by atoms with Crippen molar-refractivity contribution < 1.29 is 9.18 Å². The second kappa shape index (κ2) is 4.73. The van der Waals surface area contributed by atoms with Crippen LogP contribution in [0.3, 0.4) is 0 Å². The van der Waals surface area contributed by atoms with Crippen LogP contribution in [-0.2, 0) is 13.1 Å². The van der Waals surface area contributed by atoms with Gasteiger partial charge in [-0.05, 0) is 18.2 Å². The SMILES string of the molecule is O=C(c1ccc(Br)cc1F)N1CCn2cnnc2C1. The monoisotopic (exact) mass is 324 g/mol. The van der Waals surface area contributed by atoms with Crippen molar-refractivity contribution in [3.63, 3.8) is 0 Å². The molecule has 0 saturated carbocycles. The first-order valence-electron chi connectivity index (χ1n) is 5.76. The average molecular weight is 325 g/mol. The van der Waals surface area contributed by atoms with Gasteiger partial charge in [-0.2, -0.15) is 0 Å². The van der Waals surface area contributed by atoms with Crippen LogP contribution in [0, 0.1) is 5.82 Å². The Hall–Kier alpha value is -1.76. The molecule has 1 aliphatic heterocycles. The van der Waals surface area contributed by atoms with Gasteiger partial charge in [-0.25, -0.2) is 4.39 Å². The van der Waals surface area contributed by atoms with Crippen molar-refractivity contribution in [1.29, 1.82) is 0 Å². The molecule has 1 aromatic heterocycles. The zero-order chi connectivity index (χ0) is 13.4. The zero-order valence-corrected chi connectivity index (χ0v) is 11.5. The van der Waals surface area contributed by atoms with E-state index in [4.69, 9.17) is 0 Å². The number of hydrogen-bond acceptors (Lipinski definition) is 3. The van der Waals surface area contributed by atoms with E-state index in [-0.39, 0.29) is 11.5 Å². The number of amides is 1. The van der Waals surface area contributed by atoms with E-state index in [1.54, 1.807) is 17.3 Å². The fraction of sp³-hybridized carbons (Fsp3) is 0.250. The largest absolute Gasteiger partial charge is 0.329 e. The molecule has 2 heterocycles. The summed E-state index contributed by atoms with van der Waals surface area (Å²) in [5.41, 5.74) is 0.0798. The van der Waals surface area contributed by atoms with Crippen LogP contribution in [0.2, 0.25) is 0 Å². The molecular weight excluding hydrogens is 315 g/mol. The van der Waals surface area contributed by atoms with Gasteiger partial charge in [0.1, 0.15) is 12.1 Å². The van der Waals surface area contributed by atoms with Crippen molar-refractivity contribution in [2.45, 2.75) is 13.1 Å². The summed E-state index contributed by atoms with van der Waals surface area (Å²) in [6.07, 6.45) is 1.64. The highest BCUT2D eigenvalue weighted by molar-refractivity contribution is 9.10. The average Bonchev–Trinajstić information content (AvgIpc) is 2.85. The van der Waals surface area contributed by atoms with Crippen LogP contribution < -0.4 is 0 Å². The summed E-state index contributed by atoms with van der Waals surface area (Å²) in [6, 6.07) is 4.43. The first kappa shape index (κ1) is 12.3. The molecule has 0 atom stereocenters. The molecule has 5 nitrogen and oxygen atoms in total. The first-order chi connectivity index (χ1) is 9.15. The molecule has 0 saturated heterocycles. The summed E-state index contributed by atoms with van der Waals surface area (Å²) in [5, 5.41) is 7.73. The molecular formula is C12H10BrFN4O. The van der Waals surface area contributed by atoms with Crippen molar-refractivity contribution >= 4 is 21.8 Å². The van der Waals surface area contributed by atoms with Gasteiger partial charge in [-0.15, -0.1) is 10.2 Å². The molecule has 98 valence electrons. The molecule has 7 heteroatoms. The third-order valence-corrected chi connectivity index (χ3v) is 3.58. The molecule has 1 aromatic carbocycles. The number of benzene rings is 1. The smallest absolute Gasteiger partial charge is 0.257 e. The van der Waals surface area contributed by atoms with Gasteiger partial charge in [0.15, 0.2) is 5.82 Å². The van der Waals surface area contributed by atoms with Crippen LogP contribution in [-0.4, -0.2) is 32.1 Å². The molecule has 0 aliphatic carbocycles. The number of carbonyl (C=O) groups is 1. The van der Waals surface area contributed by atoms with Gasteiger partial charge in [0.25, 0.3) is 5.91 Å². The number of nitrogens with zero attached hydrogens (tertiary/aromatic N) is 4. The molecule has 0 spiro atoms.